The van der Waals surface area contributed by atoms with E-state index in [1.165, 1.54) is 57.6 Å². The normalized spacial score (nSPS) is 20.1. The van der Waals surface area contributed by atoms with Gasteiger partial charge in [0.15, 0.2) is 0 Å². The minimum atomic E-state index is -1.08. The van der Waals surface area contributed by atoms with Gasteiger partial charge in [-0.2, -0.15) is 0 Å². The summed E-state index contributed by atoms with van der Waals surface area (Å²) in [5, 5.41) is 1.66. The predicted octanol–water partition coefficient (Wildman–Crippen LogP) is 2.27. The largest absolute Gasteiger partial charge is 1.00 e. The van der Waals surface area contributed by atoms with Crippen molar-refractivity contribution in [2.75, 3.05) is 0 Å². The van der Waals surface area contributed by atoms with Gasteiger partial charge in [-0.05, 0) is 18.2 Å². The van der Waals surface area contributed by atoms with E-state index in [9.17, 15) is 0 Å². The molecule has 1 aromatic heterocycles. The first kappa shape index (κ1) is 27.5. The van der Waals surface area contributed by atoms with Crippen LogP contribution in [-0.2, 0) is 31.1 Å². The van der Waals surface area contributed by atoms with E-state index in [4.69, 9.17) is 4.42 Å². The van der Waals surface area contributed by atoms with Crippen molar-refractivity contribution >= 4 is 19.3 Å². The molecule has 2 aromatic carbocycles. The van der Waals surface area contributed by atoms with Gasteiger partial charge in [-0.1, -0.05) is 18.7 Å². The van der Waals surface area contributed by atoms with E-state index in [-0.39, 0.29) is 24.8 Å². The zero-order valence-electron chi connectivity index (χ0n) is 20.5. The molecule has 34 heavy (non-hydrogen) atoms. The van der Waals surface area contributed by atoms with Crippen LogP contribution < -0.4 is 24.8 Å². The molecule has 2 unspecified atom stereocenters. The molecule has 2 bridgehead atoms. The van der Waals surface area contributed by atoms with E-state index in [0.29, 0.717) is 9.17 Å². The van der Waals surface area contributed by atoms with Crippen molar-refractivity contribution in [3.63, 3.8) is 0 Å². The number of allylic oxidation sites excluding steroid dienone is 2. The molecule has 3 heterocycles. The summed E-state index contributed by atoms with van der Waals surface area (Å²) in [6.07, 6.45) is 6.59. The number of furan rings is 1. The van der Waals surface area contributed by atoms with Crippen molar-refractivity contribution < 1.29 is 54.0 Å². The fourth-order valence-electron chi connectivity index (χ4n) is 6.04. The van der Waals surface area contributed by atoms with Crippen LogP contribution >= 0.6 is 0 Å². The number of halogens is 2. The molecule has 1 nitrogen and oxygen atoms in total. The fourth-order valence-corrected chi connectivity index (χ4v) is 11.1. The molecule has 2 atom stereocenters. The molecule has 0 amide bonds. The van der Waals surface area contributed by atoms with Crippen molar-refractivity contribution in [2.24, 2.45) is 0 Å². The summed E-state index contributed by atoms with van der Waals surface area (Å²) in [6, 6.07) is 18.0. The number of benzene rings is 2. The standard InChI is InChI=1S/C19H19.C10H12OSi.2ClH.Zr/c1-3-5-15-8-10-16(11-9-15)18-7-4-6-17-12-14(2)13-19(17)18;1-6-9-7-4-5-11-8(7)10(6)12(9,2)3;;;/h4,6-13H,3,5H2,1-2H3;4-5,10H,1-3H3;2*1H;/q;;;;+2/p-2. The molecule has 2 aliphatic carbocycles. The second-order valence-electron chi connectivity index (χ2n) is 9.99. The smallest absolute Gasteiger partial charge is 1.00 e. The summed E-state index contributed by atoms with van der Waals surface area (Å²) >= 11 is 1.59. The van der Waals surface area contributed by atoms with Crippen molar-refractivity contribution in [1.82, 2.24) is 0 Å². The van der Waals surface area contributed by atoms with Crippen molar-refractivity contribution in [1.29, 1.82) is 0 Å². The van der Waals surface area contributed by atoms with Gasteiger partial charge in [-0.15, -0.1) is 0 Å². The van der Waals surface area contributed by atoms with Crippen LogP contribution in [0.3, 0.4) is 0 Å². The van der Waals surface area contributed by atoms with Crippen LogP contribution in [0.1, 0.15) is 64.4 Å². The summed E-state index contributed by atoms with van der Waals surface area (Å²) in [5.74, 6) is 1.26. The molecule has 175 valence electrons. The number of hydrogen-bond acceptors (Lipinski definition) is 1. The molecular weight excluding hydrogens is 555 g/mol. The number of fused-ring (bicyclic) bond motifs is 1. The average Bonchev–Trinajstić information content (AvgIpc) is 3.46. The van der Waals surface area contributed by atoms with Crippen molar-refractivity contribution in [3.8, 4) is 11.1 Å². The van der Waals surface area contributed by atoms with Gasteiger partial charge in [0.05, 0.1) is 14.3 Å². The first-order chi connectivity index (χ1) is 15.3. The van der Waals surface area contributed by atoms with Crippen molar-refractivity contribution in [2.45, 2.75) is 55.9 Å². The Morgan fingerprint density at radius 1 is 0.941 bits per heavy atom. The molecule has 0 spiro atoms. The third-order valence-electron chi connectivity index (χ3n) is 7.50. The van der Waals surface area contributed by atoms with Crippen LogP contribution in [0, 0.1) is 0 Å². The van der Waals surface area contributed by atoms with E-state index in [1.807, 2.05) is 6.26 Å². The average molecular weight is 586 g/mol. The monoisotopic (exact) mass is 583 g/mol. The van der Waals surface area contributed by atoms with Gasteiger partial charge in [0.25, 0.3) is 0 Å². The quantitative estimate of drug-likeness (QED) is 0.430. The second-order valence-corrected chi connectivity index (χ2v) is 15.9. The van der Waals surface area contributed by atoms with Crippen LogP contribution in [0.5, 0.6) is 0 Å². The predicted molar refractivity (Wildman–Crippen MR) is 134 cm³/mol. The third-order valence-corrected chi connectivity index (χ3v) is 13.5. The molecule has 0 fully saturated rings. The maximum absolute atomic E-state index is 5.53. The minimum absolute atomic E-state index is 0. The van der Waals surface area contributed by atoms with E-state index >= 15 is 0 Å². The number of hydrogen-bond donors (Lipinski definition) is 0. The molecule has 2 aliphatic heterocycles. The van der Waals surface area contributed by atoms with E-state index in [1.54, 1.807) is 35.5 Å². The number of aryl methyl sites for hydroxylation is 1. The Morgan fingerprint density at radius 2 is 1.65 bits per heavy atom. The van der Waals surface area contributed by atoms with Crippen LogP contribution in [0.4, 0.5) is 0 Å². The van der Waals surface area contributed by atoms with Gasteiger partial charge in [-0.3, -0.25) is 0 Å². The summed E-state index contributed by atoms with van der Waals surface area (Å²) in [7, 11) is -1.08. The van der Waals surface area contributed by atoms with Crippen LogP contribution in [0.15, 0.2) is 70.4 Å². The molecule has 0 saturated heterocycles. The Hall–Kier alpha value is -1.12. The maximum atomic E-state index is 5.53. The fraction of sp³-hybridized carbons (Fsp3) is 0.310. The number of rotatable bonds is 3. The van der Waals surface area contributed by atoms with Crippen LogP contribution in [0.2, 0.25) is 13.1 Å². The molecule has 7 rings (SSSR count). The third kappa shape index (κ3) is 4.32. The minimum Gasteiger partial charge on any atom is -1.00 e. The van der Waals surface area contributed by atoms with Crippen LogP contribution in [0.25, 0.3) is 22.4 Å². The van der Waals surface area contributed by atoms with Gasteiger partial charge in [0.2, 0.25) is 0 Å². The van der Waals surface area contributed by atoms with Gasteiger partial charge in [-0.25, -0.2) is 0 Å². The molecule has 0 N–H and O–H groups in total. The van der Waals surface area contributed by atoms with Crippen LogP contribution in [-0.4, -0.2) is 8.07 Å². The zero-order chi connectivity index (χ0) is 22.6. The summed E-state index contributed by atoms with van der Waals surface area (Å²) < 4.78 is 6.18. The Balaban J connectivity index is 0.000000199. The molecule has 5 heteroatoms. The summed E-state index contributed by atoms with van der Waals surface area (Å²) in [6.45, 7) is 11.6. The molecule has 3 aromatic rings. The van der Waals surface area contributed by atoms with E-state index < -0.39 is 8.07 Å². The zero-order valence-corrected chi connectivity index (χ0v) is 25.5. The second kappa shape index (κ2) is 10.5. The van der Waals surface area contributed by atoms with Gasteiger partial charge < -0.3 is 29.2 Å². The Kier molecular flexibility index (Phi) is 8.46. The SMILES string of the molecule is CC1=C2c3ccoc3C1[Si]2(C)C.CCCc1ccc(-c2cccc3c2C=C(C)[CH]3[Zr+2])cc1.[Cl-].[Cl-]. The molecule has 4 aliphatic rings. The Morgan fingerprint density at radius 3 is 2.26 bits per heavy atom. The Bertz CT molecular complexity index is 1250. The maximum Gasteiger partial charge on any atom is -1.00 e. The van der Waals surface area contributed by atoms with Gasteiger partial charge in [0, 0.05) is 11.1 Å². The first-order valence-corrected chi connectivity index (χ1v) is 16.2. The summed E-state index contributed by atoms with van der Waals surface area (Å²) in [5.41, 5.74) is 12.3. The van der Waals surface area contributed by atoms with Gasteiger partial charge in [0.1, 0.15) is 5.76 Å². The summed E-state index contributed by atoms with van der Waals surface area (Å²) in [4.78, 5) is 0. The van der Waals surface area contributed by atoms with E-state index in [0.717, 1.165) is 0 Å². The van der Waals surface area contributed by atoms with Gasteiger partial charge >= 0.3 is 137 Å². The van der Waals surface area contributed by atoms with Crippen molar-refractivity contribution in [3.05, 3.63) is 94.0 Å². The molecular formula is C29H31Cl2OSiZr. The molecule has 0 radical (unpaired) electrons. The Labute approximate surface area is 232 Å². The van der Waals surface area contributed by atoms with E-state index in [2.05, 4.69) is 88.5 Å². The molecule has 0 saturated carbocycles. The topological polar surface area (TPSA) is 13.1 Å². The first-order valence-electron chi connectivity index (χ1n) is 11.7.